The monoisotopic (exact) mass is 228 g/mol. The van der Waals surface area contributed by atoms with Crippen molar-refractivity contribution in [3.63, 3.8) is 0 Å². The molecule has 94 valence electrons. The highest BCUT2D eigenvalue weighted by Crippen LogP contribution is 2.09. The second kappa shape index (κ2) is 6.70. The highest BCUT2D eigenvalue weighted by Gasteiger charge is 2.20. The number of piperidine rings is 1. The summed E-state index contributed by atoms with van der Waals surface area (Å²) in [5, 5.41) is 3.53. The van der Waals surface area contributed by atoms with Crippen LogP contribution in [0.3, 0.4) is 0 Å². The Bertz CT molecular complexity index is 214. The predicted molar refractivity (Wildman–Crippen MR) is 65.4 cm³/mol. The van der Waals surface area contributed by atoms with Crippen LogP contribution in [0.1, 0.15) is 19.8 Å². The number of likely N-dealkylation sites (N-methyl/N-ethyl adjacent to an activating group) is 1. The third-order valence-corrected chi connectivity index (χ3v) is 3.27. The minimum Gasteiger partial charge on any atom is -0.351 e. The molecule has 1 fully saturated rings. The van der Waals surface area contributed by atoms with Crippen LogP contribution in [0.15, 0.2) is 0 Å². The van der Waals surface area contributed by atoms with Crippen molar-refractivity contribution in [2.45, 2.75) is 25.8 Å². The van der Waals surface area contributed by atoms with Gasteiger partial charge in [-0.15, -0.1) is 0 Å². The molecule has 1 aliphatic heterocycles. The largest absolute Gasteiger partial charge is 0.351 e. The van der Waals surface area contributed by atoms with Gasteiger partial charge >= 0.3 is 6.03 Å². The molecule has 0 aromatic rings. The van der Waals surface area contributed by atoms with Gasteiger partial charge in [0.1, 0.15) is 0 Å². The molecule has 0 atom stereocenters. The van der Waals surface area contributed by atoms with Crippen molar-refractivity contribution >= 4 is 6.03 Å². The van der Waals surface area contributed by atoms with Crippen LogP contribution in [0, 0.1) is 0 Å². The fourth-order valence-electron chi connectivity index (χ4n) is 1.92. The molecule has 1 aliphatic rings. The lowest BCUT2D eigenvalue weighted by atomic mass is 10.1. The van der Waals surface area contributed by atoms with Crippen LogP contribution in [-0.4, -0.2) is 61.6 Å². The van der Waals surface area contributed by atoms with E-state index in [0.717, 1.165) is 45.6 Å². The fourth-order valence-corrected chi connectivity index (χ4v) is 1.92. The molecular weight excluding hydrogens is 204 g/mol. The van der Waals surface area contributed by atoms with Gasteiger partial charge in [-0.25, -0.2) is 4.79 Å². The molecule has 0 aliphatic carbocycles. The van der Waals surface area contributed by atoms with E-state index >= 15 is 0 Å². The van der Waals surface area contributed by atoms with Crippen molar-refractivity contribution in [3.05, 3.63) is 0 Å². The van der Waals surface area contributed by atoms with Gasteiger partial charge in [0.25, 0.3) is 0 Å². The number of rotatable bonds is 5. The summed E-state index contributed by atoms with van der Waals surface area (Å²) in [4.78, 5) is 14.9. The van der Waals surface area contributed by atoms with Gasteiger partial charge < -0.3 is 20.9 Å². The number of urea groups is 1. The standard InChI is InChI=1S/C11H24N4O/c1-3-14(2)9-6-13-10-4-7-15(8-5-10)11(12)16/h10,13H,3-9H2,1-2H3,(H2,12,16). The SMILES string of the molecule is CCN(C)CCNC1CCN(C(N)=O)CC1. The topological polar surface area (TPSA) is 61.6 Å². The second-order valence-corrected chi connectivity index (χ2v) is 4.45. The molecule has 0 aromatic heterocycles. The molecule has 0 radical (unpaired) electrons. The lowest BCUT2D eigenvalue weighted by Gasteiger charge is -2.31. The number of amides is 2. The summed E-state index contributed by atoms with van der Waals surface area (Å²) < 4.78 is 0. The maximum Gasteiger partial charge on any atom is 0.314 e. The molecule has 0 unspecified atom stereocenters. The molecule has 1 saturated heterocycles. The summed E-state index contributed by atoms with van der Waals surface area (Å²) >= 11 is 0. The van der Waals surface area contributed by atoms with Gasteiger partial charge in [0.15, 0.2) is 0 Å². The molecule has 5 heteroatoms. The van der Waals surface area contributed by atoms with Gasteiger partial charge in [-0.1, -0.05) is 6.92 Å². The number of nitrogens with one attached hydrogen (secondary N) is 1. The molecular formula is C11H24N4O. The summed E-state index contributed by atoms with van der Waals surface area (Å²) in [6.45, 7) is 6.92. The van der Waals surface area contributed by atoms with E-state index in [9.17, 15) is 4.79 Å². The number of hydrogen-bond donors (Lipinski definition) is 2. The van der Waals surface area contributed by atoms with E-state index in [0.29, 0.717) is 6.04 Å². The van der Waals surface area contributed by atoms with Crippen LogP contribution >= 0.6 is 0 Å². The van der Waals surface area contributed by atoms with E-state index in [1.54, 1.807) is 4.90 Å². The quantitative estimate of drug-likeness (QED) is 0.700. The lowest BCUT2D eigenvalue weighted by molar-refractivity contribution is 0.184. The van der Waals surface area contributed by atoms with Gasteiger partial charge in [0.05, 0.1) is 0 Å². The summed E-state index contributed by atoms with van der Waals surface area (Å²) in [5.74, 6) is 0. The number of primary amides is 1. The Balaban J connectivity index is 2.10. The average molecular weight is 228 g/mol. The van der Waals surface area contributed by atoms with Gasteiger partial charge in [0.2, 0.25) is 0 Å². The first kappa shape index (κ1) is 13.3. The fraction of sp³-hybridized carbons (Fsp3) is 0.909. The molecule has 2 amide bonds. The van der Waals surface area contributed by atoms with Gasteiger partial charge in [0, 0.05) is 32.2 Å². The van der Waals surface area contributed by atoms with E-state index in [1.807, 2.05) is 0 Å². The Labute approximate surface area is 98.0 Å². The van der Waals surface area contributed by atoms with Gasteiger partial charge in [-0.3, -0.25) is 0 Å². The summed E-state index contributed by atoms with van der Waals surface area (Å²) in [7, 11) is 2.12. The lowest BCUT2D eigenvalue weighted by Crippen LogP contribution is -2.47. The van der Waals surface area contributed by atoms with Crippen molar-refractivity contribution < 1.29 is 4.79 Å². The summed E-state index contributed by atoms with van der Waals surface area (Å²) in [6, 6.07) is 0.255. The molecule has 0 aromatic carbocycles. The third-order valence-electron chi connectivity index (χ3n) is 3.27. The summed E-state index contributed by atoms with van der Waals surface area (Å²) in [6.07, 6.45) is 2.03. The Hall–Kier alpha value is -0.810. The maximum atomic E-state index is 10.9. The third kappa shape index (κ3) is 4.37. The Morgan fingerprint density at radius 1 is 1.50 bits per heavy atom. The van der Waals surface area contributed by atoms with Crippen molar-refractivity contribution in [2.24, 2.45) is 5.73 Å². The number of hydrogen-bond acceptors (Lipinski definition) is 3. The number of carbonyl (C=O) groups excluding carboxylic acids is 1. The zero-order chi connectivity index (χ0) is 12.0. The normalized spacial score (nSPS) is 18.1. The van der Waals surface area contributed by atoms with Gasteiger partial charge in [-0.05, 0) is 26.4 Å². The Morgan fingerprint density at radius 3 is 2.62 bits per heavy atom. The number of nitrogens with zero attached hydrogens (tertiary/aromatic N) is 2. The second-order valence-electron chi connectivity index (χ2n) is 4.45. The van der Waals surface area contributed by atoms with E-state index in [1.165, 1.54) is 0 Å². The van der Waals surface area contributed by atoms with Gasteiger partial charge in [-0.2, -0.15) is 0 Å². The van der Waals surface area contributed by atoms with Crippen molar-refractivity contribution in [2.75, 3.05) is 39.8 Å². The Kier molecular flexibility index (Phi) is 5.55. The zero-order valence-electron chi connectivity index (χ0n) is 10.4. The average Bonchev–Trinajstić information content (AvgIpc) is 2.29. The first-order valence-corrected chi connectivity index (χ1v) is 6.09. The van der Waals surface area contributed by atoms with Crippen LogP contribution in [0.5, 0.6) is 0 Å². The van der Waals surface area contributed by atoms with Crippen molar-refractivity contribution in [3.8, 4) is 0 Å². The minimum absolute atomic E-state index is 0.288. The van der Waals surface area contributed by atoms with E-state index in [-0.39, 0.29) is 6.03 Å². The van der Waals surface area contributed by atoms with Crippen LogP contribution in [-0.2, 0) is 0 Å². The van der Waals surface area contributed by atoms with Crippen LogP contribution in [0.4, 0.5) is 4.79 Å². The number of carbonyl (C=O) groups is 1. The van der Waals surface area contributed by atoms with Crippen LogP contribution < -0.4 is 11.1 Å². The maximum absolute atomic E-state index is 10.9. The molecule has 16 heavy (non-hydrogen) atoms. The minimum atomic E-state index is -0.288. The molecule has 0 spiro atoms. The molecule has 5 nitrogen and oxygen atoms in total. The molecule has 3 N–H and O–H groups in total. The molecule has 1 rings (SSSR count). The molecule has 0 bridgehead atoms. The molecule has 1 heterocycles. The zero-order valence-corrected chi connectivity index (χ0v) is 10.4. The highest BCUT2D eigenvalue weighted by molar-refractivity contribution is 5.72. The van der Waals surface area contributed by atoms with E-state index in [2.05, 4.69) is 24.2 Å². The summed E-state index contributed by atoms with van der Waals surface area (Å²) in [5.41, 5.74) is 5.23. The first-order valence-electron chi connectivity index (χ1n) is 6.09. The number of nitrogens with two attached hydrogens (primary N) is 1. The highest BCUT2D eigenvalue weighted by atomic mass is 16.2. The predicted octanol–water partition coefficient (Wildman–Crippen LogP) is 0.0708. The molecule has 0 saturated carbocycles. The van der Waals surface area contributed by atoms with E-state index in [4.69, 9.17) is 5.73 Å². The smallest absolute Gasteiger partial charge is 0.314 e. The number of likely N-dealkylation sites (tertiary alicyclic amines) is 1. The van der Waals surface area contributed by atoms with Crippen LogP contribution in [0.25, 0.3) is 0 Å². The Morgan fingerprint density at radius 2 is 2.12 bits per heavy atom. The van der Waals surface area contributed by atoms with Crippen LogP contribution in [0.2, 0.25) is 0 Å². The first-order chi connectivity index (χ1) is 7.63. The van der Waals surface area contributed by atoms with Crippen molar-refractivity contribution in [1.82, 2.24) is 15.1 Å². The van der Waals surface area contributed by atoms with E-state index < -0.39 is 0 Å². The van der Waals surface area contributed by atoms with Crippen molar-refractivity contribution in [1.29, 1.82) is 0 Å².